The summed E-state index contributed by atoms with van der Waals surface area (Å²) in [5, 5.41) is 0. The van der Waals surface area contributed by atoms with Gasteiger partial charge in [-0.2, -0.15) is 0 Å². The Bertz CT molecular complexity index is 1760. The predicted octanol–water partition coefficient (Wildman–Crippen LogP) is 8.01. The molecule has 2 heteroatoms. The lowest BCUT2D eigenvalue weighted by Crippen LogP contribution is -2.28. The highest BCUT2D eigenvalue weighted by atomic mass is 14.9. The highest BCUT2D eigenvalue weighted by molar-refractivity contribution is 6.06. The number of aromatic nitrogens is 2. The molecule has 1 unspecified atom stereocenters. The summed E-state index contributed by atoms with van der Waals surface area (Å²) in [5.74, 6) is 0.914. The minimum atomic E-state index is -0.244. The fourth-order valence-electron chi connectivity index (χ4n) is 6.31. The molecule has 0 saturated heterocycles. The van der Waals surface area contributed by atoms with Crippen LogP contribution in [0.3, 0.4) is 0 Å². The molecular weight excluding hydrogens is 424 g/mol. The van der Waals surface area contributed by atoms with Gasteiger partial charge < -0.3 is 4.98 Å². The number of imidazole rings is 1. The van der Waals surface area contributed by atoms with Crippen LogP contribution in [-0.4, -0.2) is 9.97 Å². The molecule has 0 radical (unpaired) electrons. The summed E-state index contributed by atoms with van der Waals surface area (Å²) in [6, 6.07) is 23.7. The molecule has 1 N–H and O–H groups in total. The van der Waals surface area contributed by atoms with Gasteiger partial charge in [-0.25, -0.2) is 4.98 Å². The zero-order valence-corrected chi connectivity index (χ0v) is 19.3. The van der Waals surface area contributed by atoms with Gasteiger partial charge in [-0.3, -0.25) is 0 Å². The zero-order chi connectivity index (χ0) is 23.1. The average molecular weight is 447 g/mol. The molecule has 1 spiro atoms. The largest absolute Gasteiger partial charge is 0.338 e. The van der Waals surface area contributed by atoms with E-state index in [1.165, 1.54) is 50.1 Å². The lowest BCUT2D eigenvalue weighted by atomic mass is 9.62. The Morgan fingerprint density at radius 3 is 2.43 bits per heavy atom. The molecule has 0 fully saturated rings. The molecule has 4 aromatic rings. The van der Waals surface area contributed by atoms with Crippen LogP contribution in [0.2, 0.25) is 0 Å². The van der Waals surface area contributed by atoms with Crippen molar-refractivity contribution < 1.29 is 0 Å². The third-order valence-electron chi connectivity index (χ3n) is 8.02. The van der Waals surface area contributed by atoms with Gasteiger partial charge in [0.1, 0.15) is 5.82 Å². The van der Waals surface area contributed by atoms with Gasteiger partial charge in [-0.05, 0) is 81.8 Å². The van der Waals surface area contributed by atoms with Crippen molar-refractivity contribution in [2.75, 3.05) is 0 Å². The van der Waals surface area contributed by atoms with E-state index in [0.717, 1.165) is 22.4 Å². The van der Waals surface area contributed by atoms with Crippen LogP contribution in [0.1, 0.15) is 29.2 Å². The predicted molar refractivity (Wildman–Crippen MR) is 145 cm³/mol. The maximum absolute atomic E-state index is 4.83. The molecule has 4 aliphatic rings. The van der Waals surface area contributed by atoms with Crippen LogP contribution in [0, 0.1) is 5.41 Å². The summed E-state index contributed by atoms with van der Waals surface area (Å²) in [7, 11) is 0. The molecule has 2 nitrogen and oxygen atoms in total. The smallest absolute Gasteiger partial charge is 0.138 e. The average Bonchev–Trinajstić information content (AvgIpc) is 3.59. The maximum atomic E-state index is 4.83. The molecule has 0 saturated carbocycles. The molecule has 4 aliphatic carbocycles. The van der Waals surface area contributed by atoms with E-state index in [9.17, 15) is 0 Å². The van der Waals surface area contributed by atoms with E-state index in [-0.39, 0.29) is 5.41 Å². The summed E-state index contributed by atoms with van der Waals surface area (Å²) < 4.78 is 0. The quantitative estimate of drug-likeness (QED) is 0.315. The number of aromatic amines is 1. The maximum Gasteiger partial charge on any atom is 0.138 e. The van der Waals surface area contributed by atoms with Crippen LogP contribution in [0.4, 0.5) is 0 Å². The normalized spacial score (nSPS) is 21.0. The topological polar surface area (TPSA) is 28.7 Å². The Labute approximate surface area is 204 Å². The molecule has 1 atom stereocenters. The van der Waals surface area contributed by atoms with Crippen LogP contribution >= 0.6 is 0 Å². The van der Waals surface area contributed by atoms with Crippen LogP contribution in [0.5, 0.6) is 0 Å². The summed E-state index contributed by atoms with van der Waals surface area (Å²) in [6.07, 6.45) is 16.3. The first-order valence-electron chi connectivity index (χ1n) is 12.1. The Morgan fingerprint density at radius 2 is 1.51 bits per heavy atom. The lowest BCUT2D eigenvalue weighted by molar-refractivity contribution is 0.696. The second kappa shape index (κ2) is 6.58. The Kier molecular flexibility index (Phi) is 3.56. The Balaban J connectivity index is 1.29. The van der Waals surface area contributed by atoms with Gasteiger partial charge >= 0.3 is 0 Å². The third-order valence-corrected chi connectivity index (χ3v) is 8.02. The van der Waals surface area contributed by atoms with Gasteiger partial charge in [0.25, 0.3) is 0 Å². The van der Waals surface area contributed by atoms with Crippen molar-refractivity contribution in [3.05, 3.63) is 136 Å². The fraction of sp³-hybridized carbons (Fsp3) is 0.0606. The molecule has 3 aromatic carbocycles. The number of nitrogens with zero attached hydrogens (tertiary/aromatic N) is 1. The van der Waals surface area contributed by atoms with Gasteiger partial charge in [0.15, 0.2) is 0 Å². The summed E-state index contributed by atoms with van der Waals surface area (Å²) in [5.41, 5.74) is 14.9. The van der Waals surface area contributed by atoms with Gasteiger partial charge in [-0.15, -0.1) is 0 Å². The number of para-hydroxylation sites is 2. The molecule has 35 heavy (non-hydrogen) atoms. The molecule has 1 aromatic heterocycles. The third kappa shape index (κ3) is 2.41. The van der Waals surface area contributed by atoms with E-state index in [2.05, 4.69) is 109 Å². The molecule has 0 amide bonds. The SMILES string of the molecule is CC1=CC=C2C(=Cc3cc(-c4nc5ccccc5[nH]4)ccc32)C12C=CC=C1C2=Cc2ccccc21. The first-order chi connectivity index (χ1) is 17.2. The summed E-state index contributed by atoms with van der Waals surface area (Å²) in [4.78, 5) is 8.32. The fourth-order valence-corrected chi connectivity index (χ4v) is 6.31. The van der Waals surface area contributed by atoms with E-state index in [1.807, 2.05) is 12.1 Å². The number of benzene rings is 3. The molecular formula is C33H22N2. The Morgan fingerprint density at radius 1 is 0.743 bits per heavy atom. The van der Waals surface area contributed by atoms with E-state index >= 15 is 0 Å². The summed E-state index contributed by atoms with van der Waals surface area (Å²) >= 11 is 0. The first-order valence-corrected chi connectivity index (χ1v) is 12.1. The number of nitrogens with one attached hydrogen (secondary N) is 1. The molecule has 1 heterocycles. The highest BCUT2D eigenvalue weighted by Crippen LogP contribution is 2.61. The van der Waals surface area contributed by atoms with E-state index in [0.29, 0.717) is 0 Å². The van der Waals surface area contributed by atoms with E-state index in [1.54, 1.807) is 0 Å². The molecule has 8 rings (SSSR count). The standard InChI is InChI=1S/C33H22N2/c1-20-12-14-27-25-15-13-22(32-34-30-10-4-5-11-31(30)35-32)17-23(25)19-29(27)33(20)16-6-9-26-24-8-3-2-7-21(24)18-28(26)33/h2-19H,1H3,(H,34,35). The van der Waals surface area contributed by atoms with E-state index < -0.39 is 0 Å². The van der Waals surface area contributed by atoms with Crippen LogP contribution in [0.15, 0.2) is 114 Å². The molecule has 0 aliphatic heterocycles. The van der Waals surface area contributed by atoms with Crippen molar-refractivity contribution in [3.63, 3.8) is 0 Å². The van der Waals surface area contributed by atoms with Crippen molar-refractivity contribution >= 4 is 34.3 Å². The summed E-state index contributed by atoms with van der Waals surface area (Å²) in [6.45, 7) is 2.27. The van der Waals surface area contributed by atoms with Gasteiger partial charge in [0, 0.05) is 5.56 Å². The number of allylic oxidation sites excluding steroid dienone is 10. The number of rotatable bonds is 1. The minimum absolute atomic E-state index is 0.244. The van der Waals surface area contributed by atoms with Gasteiger partial charge in [-0.1, -0.05) is 84.5 Å². The van der Waals surface area contributed by atoms with Gasteiger partial charge in [0.05, 0.1) is 16.4 Å². The first kappa shape index (κ1) is 18.9. The van der Waals surface area contributed by atoms with Crippen molar-refractivity contribution in [2.45, 2.75) is 6.92 Å². The van der Waals surface area contributed by atoms with Crippen LogP contribution < -0.4 is 0 Å². The van der Waals surface area contributed by atoms with Crippen molar-refractivity contribution in [2.24, 2.45) is 5.41 Å². The second-order valence-electron chi connectivity index (χ2n) is 9.79. The van der Waals surface area contributed by atoms with Gasteiger partial charge in [0.2, 0.25) is 0 Å². The van der Waals surface area contributed by atoms with Crippen molar-refractivity contribution in [1.82, 2.24) is 9.97 Å². The van der Waals surface area contributed by atoms with Crippen molar-refractivity contribution in [1.29, 1.82) is 0 Å². The van der Waals surface area contributed by atoms with Crippen LogP contribution in [0.25, 0.3) is 45.7 Å². The monoisotopic (exact) mass is 446 g/mol. The number of H-pyrrole nitrogens is 1. The zero-order valence-electron chi connectivity index (χ0n) is 19.3. The number of hydrogen-bond donors (Lipinski definition) is 1. The molecule has 164 valence electrons. The minimum Gasteiger partial charge on any atom is -0.338 e. The van der Waals surface area contributed by atoms with E-state index in [4.69, 9.17) is 4.98 Å². The second-order valence-corrected chi connectivity index (χ2v) is 9.79. The Hall–Kier alpha value is -4.43. The molecule has 0 bridgehead atoms. The van der Waals surface area contributed by atoms with Crippen molar-refractivity contribution in [3.8, 4) is 11.4 Å². The lowest BCUT2D eigenvalue weighted by Gasteiger charge is -2.40. The highest BCUT2D eigenvalue weighted by Gasteiger charge is 2.46. The number of fused-ring (bicyclic) bond motifs is 9. The number of hydrogen-bond acceptors (Lipinski definition) is 1. The van der Waals surface area contributed by atoms with Crippen LogP contribution in [-0.2, 0) is 0 Å².